The predicted octanol–water partition coefficient (Wildman–Crippen LogP) is 3.01. The third-order valence-electron chi connectivity index (χ3n) is 2.82. The van der Waals surface area contributed by atoms with Crippen LogP contribution in [0.1, 0.15) is 35.0 Å². The van der Waals surface area contributed by atoms with Gasteiger partial charge < -0.3 is 5.32 Å². The fourth-order valence-corrected chi connectivity index (χ4v) is 2.08. The van der Waals surface area contributed by atoms with Gasteiger partial charge in [0.1, 0.15) is 5.15 Å². The zero-order valence-corrected chi connectivity index (χ0v) is 12.0. The summed E-state index contributed by atoms with van der Waals surface area (Å²) in [6.07, 6.45) is 5.17. The fraction of sp³-hybridized carbons (Fsp3) is 0.267. The van der Waals surface area contributed by atoms with Gasteiger partial charge in [0.2, 0.25) is 0 Å². The van der Waals surface area contributed by atoms with E-state index in [1.165, 1.54) is 0 Å². The molecule has 0 aliphatic heterocycles. The molecule has 0 aliphatic rings. The highest BCUT2D eigenvalue weighted by atomic mass is 35.5. The van der Waals surface area contributed by atoms with Crippen LogP contribution in [-0.2, 0) is 13.0 Å². The smallest absolute Gasteiger partial charge is 0.251 e. The molecular weight excluding hydrogens is 274 g/mol. The molecule has 0 aromatic carbocycles. The Kier molecular flexibility index (Phi) is 5.07. The van der Waals surface area contributed by atoms with E-state index in [1.54, 1.807) is 24.5 Å². The number of carbonyl (C=O) groups excluding carboxylic acids is 1. The second-order valence-corrected chi connectivity index (χ2v) is 4.85. The van der Waals surface area contributed by atoms with Crippen LogP contribution >= 0.6 is 11.6 Å². The zero-order chi connectivity index (χ0) is 14.4. The van der Waals surface area contributed by atoms with E-state index in [0.717, 1.165) is 24.1 Å². The summed E-state index contributed by atoms with van der Waals surface area (Å²) in [7, 11) is 0. The maximum Gasteiger partial charge on any atom is 0.251 e. The predicted molar refractivity (Wildman–Crippen MR) is 78.6 cm³/mol. The van der Waals surface area contributed by atoms with E-state index >= 15 is 0 Å². The molecule has 0 saturated heterocycles. The van der Waals surface area contributed by atoms with E-state index in [1.807, 2.05) is 12.1 Å². The van der Waals surface area contributed by atoms with Crippen molar-refractivity contribution in [2.24, 2.45) is 0 Å². The molecule has 1 N–H and O–H groups in total. The van der Waals surface area contributed by atoms with Gasteiger partial charge in [0.25, 0.3) is 5.91 Å². The number of rotatable bonds is 5. The minimum absolute atomic E-state index is 0.150. The SMILES string of the molecule is CCCc1cc(C(=O)NCc2ccncc2)cc(Cl)n1. The number of aromatic nitrogens is 2. The van der Waals surface area contributed by atoms with Gasteiger partial charge in [-0.1, -0.05) is 24.9 Å². The van der Waals surface area contributed by atoms with E-state index in [2.05, 4.69) is 22.2 Å². The molecule has 5 heteroatoms. The summed E-state index contributed by atoms with van der Waals surface area (Å²) in [5.41, 5.74) is 2.39. The highest BCUT2D eigenvalue weighted by molar-refractivity contribution is 6.29. The molecule has 20 heavy (non-hydrogen) atoms. The molecule has 104 valence electrons. The highest BCUT2D eigenvalue weighted by Crippen LogP contribution is 2.12. The Hall–Kier alpha value is -1.94. The number of hydrogen-bond donors (Lipinski definition) is 1. The van der Waals surface area contributed by atoms with E-state index in [4.69, 9.17) is 11.6 Å². The molecular formula is C15H16ClN3O. The van der Waals surface area contributed by atoms with Crippen LogP contribution in [0, 0.1) is 0 Å². The first-order valence-corrected chi connectivity index (χ1v) is 6.90. The minimum Gasteiger partial charge on any atom is -0.348 e. The van der Waals surface area contributed by atoms with Crippen molar-refractivity contribution in [1.29, 1.82) is 0 Å². The molecule has 2 rings (SSSR count). The lowest BCUT2D eigenvalue weighted by Gasteiger charge is -2.07. The zero-order valence-electron chi connectivity index (χ0n) is 11.3. The molecule has 0 unspecified atom stereocenters. The van der Waals surface area contributed by atoms with Crippen molar-refractivity contribution < 1.29 is 4.79 Å². The first-order valence-electron chi connectivity index (χ1n) is 6.52. The summed E-state index contributed by atoms with van der Waals surface area (Å²) >= 11 is 5.95. The summed E-state index contributed by atoms with van der Waals surface area (Å²) in [6.45, 7) is 2.52. The van der Waals surface area contributed by atoms with Crippen LogP contribution < -0.4 is 5.32 Å². The Balaban J connectivity index is 2.05. The van der Waals surface area contributed by atoms with Crippen LogP contribution in [-0.4, -0.2) is 15.9 Å². The van der Waals surface area contributed by atoms with E-state index in [9.17, 15) is 4.79 Å². The number of pyridine rings is 2. The number of amides is 1. The van der Waals surface area contributed by atoms with Gasteiger partial charge in [-0.25, -0.2) is 4.98 Å². The van der Waals surface area contributed by atoms with Crippen molar-refractivity contribution >= 4 is 17.5 Å². The maximum atomic E-state index is 12.1. The second kappa shape index (κ2) is 7.01. The number of halogens is 1. The van der Waals surface area contributed by atoms with Crippen molar-refractivity contribution in [1.82, 2.24) is 15.3 Å². The van der Waals surface area contributed by atoms with Crippen LogP contribution in [0.3, 0.4) is 0 Å². The van der Waals surface area contributed by atoms with Crippen molar-refractivity contribution in [3.05, 3.63) is 58.6 Å². The van der Waals surface area contributed by atoms with Gasteiger partial charge in [-0.3, -0.25) is 9.78 Å². The van der Waals surface area contributed by atoms with Crippen LogP contribution in [0.5, 0.6) is 0 Å². The number of hydrogen-bond acceptors (Lipinski definition) is 3. The van der Waals surface area contributed by atoms with Crippen molar-refractivity contribution in [2.75, 3.05) is 0 Å². The van der Waals surface area contributed by atoms with Gasteiger partial charge in [-0.05, 0) is 36.2 Å². The normalized spacial score (nSPS) is 10.3. The minimum atomic E-state index is -0.150. The molecule has 0 spiro atoms. The van der Waals surface area contributed by atoms with E-state index in [0.29, 0.717) is 17.3 Å². The molecule has 0 fully saturated rings. The largest absolute Gasteiger partial charge is 0.348 e. The average Bonchev–Trinajstić information content (AvgIpc) is 2.45. The molecule has 0 bridgehead atoms. The Morgan fingerprint density at radius 2 is 2.05 bits per heavy atom. The third kappa shape index (κ3) is 4.03. The molecule has 0 atom stereocenters. The second-order valence-electron chi connectivity index (χ2n) is 4.46. The Morgan fingerprint density at radius 3 is 2.75 bits per heavy atom. The lowest BCUT2D eigenvalue weighted by Crippen LogP contribution is -2.23. The fourth-order valence-electron chi connectivity index (χ4n) is 1.85. The third-order valence-corrected chi connectivity index (χ3v) is 3.01. The molecule has 2 aromatic heterocycles. The Bertz CT molecular complexity index is 587. The van der Waals surface area contributed by atoms with Gasteiger partial charge in [0.05, 0.1) is 0 Å². The molecule has 0 radical (unpaired) electrons. The number of nitrogens with zero attached hydrogens (tertiary/aromatic N) is 2. The standard InChI is InChI=1S/C15H16ClN3O/c1-2-3-13-8-12(9-14(16)19-13)15(20)18-10-11-4-6-17-7-5-11/h4-9H,2-3,10H2,1H3,(H,18,20). The van der Waals surface area contributed by atoms with Crippen molar-refractivity contribution in [3.63, 3.8) is 0 Å². The summed E-state index contributed by atoms with van der Waals surface area (Å²) in [4.78, 5) is 20.3. The summed E-state index contributed by atoms with van der Waals surface area (Å²) < 4.78 is 0. The van der Waals surface area contributed by atoms with Crippen LogP contribution in [0.4, 0.5) is 0 Å². The monoisotopic (exact) mass is 289 g/mol. The maximum absolute atomic E-state index is 12.1. The molecule has 2 aromatic rings. The van der Waals surface area contributed by atoms with Crippen LogP contribution in [0.25, 0.3) is 0 Å². The first-order chi connectivity index (χ1) is 9.69. The van der Waals surface area contributed by atoms with Gasteiger partial charge in [0, 0.05) is 30.2 Å². The lowest BCUT2D eigenvalue weighted by molar-refractivity contribution is 0.0950. The summed E-state index contributed by atoms with van der Waals surface area (Å²) in [5.74, 6) is -0.150. The molecule has 1 amide bonds. The van der Waals surface area contributed by atoms with Gasteiger partial charge in [-0.15, -0.1) is 0 Å². The van der Waals surface area contributed by atoms with Gasteiger partial charge in [0.15, 0.2) is 0 Å². The first kappa shape index (κ1) is 14.5. The van der Waals surface area contributed by atoms with Gasteiger partial charge >= 0.3 is 0 Å². The summed E-state index contributed by atoms with van der Waals surface area (Å²) in [6, 6.07) is 7.10. The van der Waals surface area contributed by atoms with Crippen molar-refractivity contribution in [2.45, 2.75) is 26.3 Å². The van der Waals surface area contributed by atoms with Crippen LogP contribution in [0.2, 0.25) is 5.15 Å². The number of carbonyl (C=O) groups is 1. The Labute approximate surface area is 123 Å². The number of nitrogens with one attached hydrogen (secondary N) is 1. The molecule has 0 aliphatic carbocycles. The lowest BCUT2D eigenvalue weighted by atomic mass is 10.1. The topological polar surface area (TPSA) is 54.9 Å². The highest BCUT2D eigenvalue weighted by Gasteiger charge is 2.09. The number of aryl methyl sites for hydroxylation is 1. The average molecular weight is 290 g/mol. The van der Waals surface area contributed by atoms with Gasteiger partial charge in [-0.2, -0.15) is 0 Å². The quantitative estimate of drug-likeness (QED) is 0.861. The Morgan fingerprint density at radius 1 is 1.30 bits per heavy atom. The van der Waals surface area contributed by atoms with E-state index in [-0.39, 0.29) is 5.91 Å². The molecule has 4 nitrogen and oxygen atoms in total. The van der Waals surface area contributed by atoms with Crippen molar-refractivity contribution in [3.8, 4) is 0 Å². The molecule has 0 saturated carbocycles. The molecule has 2 heterocycles. The summed E-state index contributed by atoms with van der Waals surface area (Å²) in [5, 5.41) is 3.21. The van der Waals surface area contributed by atoms with E-state index < -0.39 is 0 Å². The van der Waals surface area contributed by atoms with Crippen LogP contribution in [0.15, 0.2) is 36.7 Å².